The summed E-state index contributed by atoms with van der Waals surface area (Å²) >= 11 is 1.40. The first-order valence-corrected chi connectivity index (χ1v) is 9.89. The maximum Gasteiger partial charge on any atom is 0.267 e. The number of hydrogen-bond donors (Lipinski definition) is 1. The number of hydrogen-bond acceptors (Lipinski definition) is 5. The molecule has 0 aliphatic carbocycles. The van der Waals surface area contributed by atoms with E-state index in [2.05, 4.69) is 47.4 Å². The maximum absolute atomic E-state index is 12.5. The van der Waals surface area contributed by atoms with Crippen LogP contribution in [0.4, 0.5) is 5.69 Å². The summed E-state index contributed by atoms with van der Waals surface area (Å²) in [6.07, 6.45) is 7.51. The Hall–Kier alpha value is -2.51. The van der Waals surface area contributed by atoms with Gasteiger partial charge in [0.25, 0.3) is 5.91 Å². The van der Waals surface area contributed by atoms with E-state index in [4.69, 9.17) is 4.74 Å². The van der Waals surface area contributed by atoms with Gasteiger partial charge in [0.15, 0.2) is 0 Å². The normalized spacial score (nSPS) is 16.6. The molecule has 4 rings (SSSR count). The van der Waals surface area contributed by atoms with Crippen molar-refractivity contribution in [1.82, 2.24) is 14.8 Å². The van der Waals surface area contributed by atoms with Crippen molar-refractivity contribution in [3.63, 3.8) is 0 Å². The summed E-state index contributed by atoms with van der Waals surface area (Å²) in [7, 11) is 0. The smallest absolute Gasteiger partial charge is 0.267 e. The van der Waals surface area contributed by atoms with Crippen LogP contribution >= 0.6 is 11.3 Å². The summed E-state index contributed by atoms with van der Waals surface area (Å²) in [5.74, 6) is -0.166. The quantitative estimate of drug-likeness (QED) is 0.723. The number of benzene rings is 1. The van der Waals surface area contributed by atoms with E-state index in [1.807, 2.05) is 10.9 Å². The highest BCUT2D eigenvalue weighted by atomic mass is 32.1. The molecule has 140 valence electrons. The van der Waals surface area contributed by atoms with Crippen molar-refractivity contribution in [3.8, 4) is 10.6 Å². The highest BCUT2D eigenvalue weighted by Gasteiger charge is 2.17. The van der Waals surface area contributed by atoms with Crippen LogP contribution in [0.15, 0.2) is 36.8 Å². The maximum atomic E-state index is 12.5. The van der Waals surface area contributed by atoms with Gasteiger partial charge in [-0.1, -0.05) is 23.8 Å². The molecule has 3 heterocycles. The number of aromatic nitrogens is 3. The standard InChI is InChI=1S/C20H22N4O2S/c1-13-5-6-17(14(2)8-13)20-21-10-18(27-20)19(25)23-15-9-22-24(11-15)12-16-4-3-7-26-16/h5-6,8-11,16H,3-4,7,12H2,1-2H3,(H,23,25)/t16-/m1/s1. The Morgan fingerprint density at radius 2 is 2.26 bits per heavy atom. The van der Waals surface area contributed by atoms with E-state index >= 15 is 0 Å². The van der Waals surface area contributed by atoms with Crippen LogP contribution in [0.3, 0.4) is 0 Å². The zero-order valence-corrected chi connectivity index (χ0v) is 16.3. The molecule has 1 aliphatic rings. The second-order valence-corrected chi connectivity index (χ2v) is 7.92. The van der Waals surface area contributed by atoms with Crippen LogP contribution in [-0.2, 0) is 11.3 Å². The summed E-state index contributed by atoms with van der Waals surface area (Å²) in [5, 5.41) is 8.06. The van der Waals surface area contributed by atoms with Gasteiger partial charge >= 0.3 is 0 Å². The third-order valence-corrected chi connectivity index (χ3v) is 5.68. The van der Waals surface area contributed by atoms with E-state index in [1.54, 1.807) is 12.4 Å². The van der Waals surface area contributed by atoms with Crippen LogP contribution < -0.4 is 5.32 Å². The van der Waals surface area contributed by atoms with Crippen molar-refractivity contribution in [2.45, 2.75) is 39.3 Å². The molecule has 0 spiro atoms. The summed E-state index contributed by atoms with van der Waals surface area (Å²) in [5.41, 5.74) is 4.12. The number of rotatable bonds is 5. The fourth-order valence-electron chi connectivity index (χ4n) is 3.27. The number of thiazole rings is 1. The molecule has 1 amide bonds. The molecule has 1 aliphatic heterocycles. The van der Waals surface area contributed by atoms with Crippen LogP contribution in [-0.4, -0.2) is 33.4 Å². The van der Waals surface area contributed by atoms with Crippen LogP contribution in [0.25, 0.3) is 10.6 Å². The van der Waals surface area contributed by atoms with E-state index in [9.17, 15) is 4.79 Å². The molecule has 3 aromatic rings. The summed E-state index contributed by atoms with van der Waals surface area (Å²) < 4.78 is 7.44. The van der Waals surface area contributed by atoms with Crippen molar-refractivity contribution in [2.75, 3.05) is 11.9 Å². The fraction of sp³-hybridized carbons (Fsp3) is 0.350. The Morgan fingerprint density at radius 1 is 1.37 bits per heavy atom. The molecule has 7 heteroatoms. The van der Waals surface area contributed by atoms with Gasteiger partial charge in [0.05, 0.1) is 30.7 Å². The highest BCUT2D eigenvalue weighted by Crippen LogP contribution is 2.29. The van der Waals surface area contributed by atoms with Gasteiger partial charge < -0.3 is 10.1 Å². The van der Waals surface area contributed by atoms with Crippen LogP contribution in [0, 0.1) is 13.8 Å². The number of nitrogens with one attached hydrogen (secondary N) is 1. The average Bonchev–Trinajstić information content (AvgIpc) is 3.37. The number of aryl methyl sites for hydroxylation is 2. The van der Waals surface area contributed by atoms with Gasteiger partial charge in [0.1, 0.15) is 9.88 Å². The number of anilines is 1. The lowest BCUT2D eigenvalue weighted by atomic mass is 10.1. The van der Waals surface area contributed by atoms with Gasteiger partial charge in [-0.15, -0.1) is 11.3 Å². The second kappa shape index (κ2) is 7.62. The second-order valence-electron chi connectivity index (χ2n) is 6.89. The summed E-state index contributed by atoms with van der Waals surface area (Å²) in [4.78, 5) is 17.6. The van der Waals surface area contributed by atoms with Gasteiger partial charge in [0, 0.05) is 18.4 Å². The molecule has 27 heavy (non-hydrogen) atoms. The van der Waals surface area contributed by atoms with Gasteiger partial charge in [0.2, 0.25) is 0 Å². The number of amides is 1. The highest BCUT2D eigenvalue weighted by molar-refractivity contribution is 7.17. The Bertz CT molecular complexity index is 957. The summed E-state index contributed by atoms with van der Waals surface area (Å²) in [6.45, 7) is 5.67. The fourth-order valence-corrected chi connectivity index (χ4v) is 4.18. The van der Waals surface area contributed by atoms with E-state index in [0.717, 1.165) is 35.6 Å². The number of carbonyl (C=O) groups is 1. The predicted molar refractivity (Wildman–Crippen MR) is 106 cm³/mol. The lowest BCUT2D eigenvalue weighted by Crippen LogP contribution is -2.15. The summed E-state index contributed by atoms with van der Waals surface area (Å²) in [6, 6.07) is 6.24. The van der Waals surface area contributed by atoms with E-state index in [0.29, 0.717) is 17.1 Å². The molecule has 1 atom stereocenters. The first kappa shape index (κ1) is 17.9. The van der Waals surface area contributed by atoms with E-state index in [-0.39, 0.29) is 12.0 Å². The molecule has 1 aromatic carbocycles. The monoisotopic (exact) mass is 382 g/mol. The predicted octanol–water partition coefficient (Wildman–Crippen LogP) is 4.05. The Labute approximate surface area is 162 Å². The van der Waals surface area contributed by atoms with Gasteiger partial charge in [-0.3, -0.25) is 9.48 Å². The van der Waals surface area contributed by atoms with Crippen molar-refractivity contribution < 1.29 is 9.53 Å². The van der Waals surface area contributed by atoms with Gasteiger partial charge in [-0.05, 0) is 32.3 Å². The van der Waals surface area contributed by atoms with Gasteiger partial charge in [-0.25, -0.2) is 4.98 Å². The minimum Gasteiger partial charge on any atom is -0.376 e. The molecule has 0 bridgehead atoms. The molecular formula is C20H22N4O2S. The van der Waals surface area contributed by atoms with Crippen LogP contribution in [0.1, 0.15) is 33.6 Å². The largest absolute Gasteiger partial charge is 0.376 e. The molecular weight excluding hydrogens is 360 g/mol. The molecule has 0 unspecified atom stereocenters. The van der Waals surface area contributed by atoms with Crippen LogP contribution in [0.5, 0.6) is 0 Å². The first-order valence-electron chi connectivity index (χ1n) is 9.07. The van der Waals surface area contributed by atoms with Crippen molar-refractivity contribution in [2.24, 2.45) is 0 Å². The Morgan fingerprint density at radius 3 is 3.04 bits per heavy atom. The topological polar surface area (TPSA) is 69.0 Å². The molecule has 1 N–H and O–H groups in total. The van der Waals surface area contributed by atoms with E-state index in [1.165, 1.54) is 16.9 Å². The lowest BCUT2D eigenvalue weighted by molar-refractivity contribution is 0.0940. The average molecular weight is 382 g/mol. The molecule has 1 fully saturated rings. The molecule has 2 aromatic heterocycles. The SMILES string of the molecule is Cc1ccc(-c2ncc(C(=O)Nc3cnn(C[C@H]4CCCO4)c3)s2)c(C)c1. The molecule has 0 radical (unpaired) electrons. The van der Waals surface area contributed by atoms with Crippen molar-refractivity contribution >= 4 is 22.9 Å². The Kier molecular flexibility index (Phi) is 5.05. The Balaban J connectivity index is 1.43. The lowest BCUT2D eigenvalue weighted by Gasteiger charge is -2.08. The number of nitrogens with zero attached hydrogens (tertiary/aromatic N) is 3. The van der Waals surface area contributed by atoms with E-state index < -0.39 is 0 Å². The zero-order chi connectivity index (χ0) is 18.8. The van der Waals surface area contributed by atoms with Gasteiger partial charge in [-0.2, -0.15) is 5.10 Å². The van der Waals surface area contributed by atoms with Crippen molar-refractivity contribution in [1.29, 1.82) is 0 Å². The third kappa shape index (κ3) is 4.09. The third-order valence-electron chi connectivity index (χ3n) is 4.65. The minimum atomic E-state index is -0.166. The van der Waals surface area contributed by atoms with Crippen LogP contribution in [0.2, 0.25) is 0 Å². The molecule has 6 nitrogen and oxygen atoms in total. The minimum absolute atomic E-state index is 0.166. The first-order chi connectivity index (χ1) is 13.1. The molecule has 1 saturated heterocycles. The number of carbonyl (C=O) groups excluding carboxylic acids is 1. The number of ether oxygens (including phenoxy) is 1. The zero-order valence-electron chi connectivity index (χ0n) is 15.4. The molecule has 0 saturated carbocycles. The van der Waals surface area contributed by atoms with Crippen molar-refractivity contribution in [3.05, 3.63) is 52.8 Å².